The van der Waals surface area contributed by atoms with Crippen molar-refractivity contribution in [1.29, 1.82) is 0 Å². The maximum atomic E-state index is 4.32. The van der Waals surface area contributed by atoms with Crippen LogP contribution >= 0.6 is 0 Å². The predicted molar refractivity (Wildman–Crippen MR) is 58.2 cm³/mol. The molecule has 72 valence electrons. The molecule has 0 radical (unpaired) electrons. The zero-order valence-electron chi connectivity index (χ0n) is 8.57. The highest BCUT2D eigenvalue weighted by Gasteiger charge is 2.07. The number of hydrogen-bond acceptors (Lipinski definition) is 2. The van der Waals surface area contributed by atoms with E-state index in [9.17, 15) is 0 Å². The van der Waals surface area contributed by atoms with Gasteiger partial charge in [-0.25, -0.2) is 0 Å². The van der Waals surface area contributed by atoms with E-state index < -0.39 is 0 Å². The molecule has 0 aliphatic heterocycles. The Hall–Kier alpha value is -1.44. The lowest BCUT2D eigenvalue weighted by molar-refractivity contribution is 0.738. The molecule has 2 heteroatoms. The highest BCUT2D eigenvalue weighted by atomic mass is 14.7. The van der Waals surface area contributed by atoms with Crippen LogP contribution in [-0.2, 0) is 0 Å². The molecule has 1 atom stereocenters. The maximum absolute atomic E-state index is 4.32. The zero-order chi connectivity index (χ0) is 9.97. The van der Waals surface area contributed by atoms with E-state index >= 15 is 0 Å². The minimum Gasteiger partial charge on any atom is -0.264 e. The lowest BCUT2D eigenvalue weighted by atomic mass is 9.96. The van der Waals surface area contributed by atoms with Crippen molar-refractivity contribution in [2.75, 3.05) is 0 Å². The van der Waals surface area contributed by atoms with Crippen molar-refractivity contribution in [2.24, 2.45) is 0 Å². The first-order chi connectivity index (χ1) is 6.83. The summed E-state index contributed by atoms with van der Waals surface area (Å²) in [4.78, 5) is 8.47. The average Bonchev–Trinajstić information content (AvgIpc) is 2.27. The van der Waals surface area contributed by atoms with Gasteiger partial charge in [0.1, 0.15) is 0 Å². The minimum atomic E-state index is 0.574. The van der Waals surface area contributed by atoms with Gasteiger partial charge in [0, 0.05) is 24.0 Å². The quantitative estimate of drug-likeness (QED) is 0.720. The normalized spacial score (nSPS) is 13.0. The van der Waals surface area contributed by atoms with E-state index in [4.69, 9.17) is 0 Å². The van der Waals surface area contributed by atoms with Crippen LogP contribution in [0.15, 0.2) is 30.7 Å². The summed E-state index contributed by atoms with van der Waals surface area (Å²) in [7, 11) is 0. The van der Waals surface area contributed by atoms with Crippen LogP contribution in [0.4, 0.5) is 0 Å². The Morgan fingerprint density at radius 3 is 2.93 bits per heavy atom. The Bertz CT molecular complexity index is 432. The van der Waals surface area contributed by atoms with Crippen molar-refractivity contribution in [3.05, 3.63) is 36.3 Å². The molecule has 0 amide bonds. The van der Waals surface area contributed by atoms with Crippen LogP contribution in [0.3, 0.4) is 0 Å². The van der Waals surface area contributed by atoms with Gasteiger partial charge in [0.15, 0.2) is 0 Å². The lowest BCUT2D eigenvalue weighted by Gasteiger charge is -2.10. The molecule has 2 heterocycles. The minimum absolute atomic E-state index is 0.574. The Kier molecular flexibility index (Phi) is 2.44. The number of rotatable bonds is 2. The van der Waals surface area contributed by atoms with Gasteiger partial charge in [0.05, 0.1) is 5.52 Å². The van der Waals surface area contributed by atoms with Gasteiger partial charge in [-0.1, -0.05) is 13.8 Å². The monoisotopic (exact) mass is 186 g/mol. The van der Waals surface area contributed by atoms with E-state index in [1.807, 2.05) is 18.5 Å². The van der Waals surface area contributed by atoms with E-state index in [2.05, 4.69) is 29.9 Å². The summed E-state index contributed by atoms with van der Waals surface area (Å²) in [6.07, 6.45) is 6.72. The van der Waals surface area contributed by atoms with E-state index in [1.54, 1.807) is 6.20 Å². The number of aromatic nitrogens is 2. The fourth-order valence-corrected chi connectivity index (χ4v) is 1.66. The fourth-order valence-electron chi connectivity index (χ4n) is 1.66. The van der Waals surface area contributed by atoms with Crippen molar-refractivity contribution in [1.82, 2.24) is 9.97 Å². The van der Waals surface area contributed by atoms with Crippen LogP contribution in [-0.4, -0.2) is 9.97 Å². The first-order valence-corrected chi connectivity index (χ1v) is 5.01. The van der Waals surface area contributed by atoms with E-state index in [0.29, 0.717) is 5.92 Å². The van der Waals surface area contributed by atoms with Crippen LogP contribution in [0.2, 0.25) is 0 Å². The molecule has 0 aromatic carbocycles. The Labute approximate surface area is 84.0 Å². The smallest absolute Gasteiger partial charge is 0.0735 e. The molecular weight excluding hydrogens is 172 g/mol. The van der Waals surface area contributed by atoms with Crippen LogP contribution in [0.5, 0.6) is 0 Å². The topological polar surface area (TPSA) is 25.8 Å². The first-order valence-electron chi connectivity index (χ1n) is 5.01. The molecule has 14 heavy (non-hydrogen) atoms. The van der Waals surface area contributed by atoms with Crippen LogP contribution in [0, 0.1) is 0 Å². The van der Waals surface area contributed by atoms with Crippen LogP contribution < -0.4 is 0 Å². The third-order valence-corrected chi connectivity index (χ3v) is 2.72. The van der Waals surface area contributed by atoms with E-state index in [1.165, 1.54) is 10.9 Å². The SMILES string of the molecule is CCC(C)c1ccnc2ccncc12. The van der Waals surface area contributed by atoms with Gasteiger partial charge >= 0.3 is 0 Å². The number of pyridine rings is 2. The van der Waals surface area contributed by atoms with E-state index in [0.717, 1.165) is 11.9 Å². The van der Waals surface area contributed by atoms with Gasteiger partial charge in [0.25, 0.3) is 0 Å². The van der Waals surface area contributed by atoms with Crippen molar-refractivity contribution in [2.45, 2.75) is 26.2 Å². The Balaban J connectivity index is 2.65. The molecule has 2 rings (SSSR count). The molecule has 2 aromatic heterocycles. The average molecular weight is 186 g/mol. The van der Waals surface area contributed by atoms with Gasteiger partial charge < -0.3 is 0 Å². The molecular formula is C12H14N2. The van der Waals surface area contributed by atoms with Crippen LogP contribution in [0.1, 0.15) is 31.7 Å². The van der Waals surface area contributed by atoms with Crippen molar-refractivity contribution >= 4 is 10.9 Å². The second-order valence-corrected chi connectivity index (χ2v) is 3.60. The van der Waals surface area contributed by atoms with Gasteiger partial charge in [-0.15, -0.1) is 0 Å². The molecule has 0 aliphatic carbocycles. The Morgan fingerprint density at radius 1 is 1.29 bits per heavy atom. The largest absolute Gasteiger partial charge is 0.264 e. The summed E-state index contributed by atoms with van der Waals surface area (Å²) in [5, 5.41) is 1.18. The Morgan fingerprint density at radius 2 is 2.14 bits per heavy atom. The molecule has 0 aliphatic rings. The third kappa shape index (κ3) is 1.48. The highest BCUT2D eigenvalue weighted by Crippen LogP contribution is 2.25. The molecule has 0 bridgehead atoms. The van der Waals surface area contributed by atoms with E-state index in [-0.39, 0.29) is 0 Å². The molecule has 2 nitrogen and oxygen atoms in total. The summed E-state index contributed by atoms with van der Waals surface area (Å²) in [6.45, 7) is 4.44. The number of nitrogens with zero attached hydrogens (tertiary/aromatic N) is 2. The molecule has 2 aromatic rings. The number of fused-ring (bicyclic) bond motifs is 1. The first kappa shape index (κ1) is 9.13. The second kappa shape index (κ2) is 3.74. The summed E-state index contributed by atoms with van der Waals surface area (Å²) >= 11 is 0. The van der Waals surface area contributed by atoms with Gasteiger partial charge in [-0.2, -0.15) is 0 Å². The van der Waals surface area contributed by atoms with Crippen molar-refractivity contribution in [3.8, 4) is 0 Å². The van der Waals surface area contributed by atoms with Crippen molar-refractivity contribution < 1.29 is 0 Å². The standard InChI is InChI=1S/C12H14N2/c1-3-9(2)10-4-7-14-12-5-6-13-8-11(10)12/h4-9H,3H2,1-2H3. The second-order valence-electron chi connectivity index (χ2n) is 3.60. The van der Waals surface area contributed by atoms with Gasteiger partial charge in [-0.05, 0) is 30.0 Å². The fraction of sp³-hybridized carbons (Fsp3) is 0.333. The molecule has 0 N–H and O–H groups in total. The summed E-state index contributed by atoms with van der Waals surface area (Å²) in [5.41, 5.74) is 2.39. The molecule has 0 spiro atoms. The maximum Gasteiger partial charge on any atom is 0.0735 e. The molecule has 0 saturated carbocycles. The van der Waals surface area contributed by atoms with Crippen molar-refractivity contribution in [3.63, 3.8) is 0 Å². The molecule has 0 fully saturated rings. The molecule has 1 unspecified atom stereocenters. The summed E-state index contributed by atoms with van der Waals surface area (Å²) < 4.78 is 0. The number of hydrogen-bond donors (Lipinski definition) is 0. The molecule has 0 saturated heterocycles. The zero-order valence-corrected chi connectivity index (χ0v) is 8.57. The summed E-state index contributed by atoms with van der Waals surface area (Å²) in [6, 6.07) is 4.05. The lowest BCUT2D eigenvalue weighted by Crippen LogP contribution is -1.94. The highest BCUT2D eigenvalue weighted by molar-refractivity contribution is 5.81. The predicted octanol–water partition coefficient (Wildman–Crippen LogP) is 3.14. The summed E-state index contributed by atoms with van der Waals surface area (Å²) in [5.74, 6) is 0.574. The third-order valence-electron chi connectivity index (χ3n) is 2.72. The van der Waals surface area contributed by atoms with Gasteiger partial charge in [-0.3, -0.25) is 9.97 Å². The van der Waals surface area contributed by atoms with Crippen LogP contribution in [0.25, 0.3) is 10.9 Å². The van der Waals surface area contributed by atoms with Gasteiger partial charge in [0.2, 0.25) is 0 Å².